The molecule has 0 spiro atoms. The summed E-state index contributed by atoms with van der Waals surface area (Å²) >= 11 is 0. The van der Waals surface area contributed by atoms with Gasteiger partial charge in [-0.25, -0.2) is 0 Å². The predicted molar refractivity (Wildman–Crippen MR) is 87.8 cm³/mol. The zero-order valence-electron chi connectivity index (χ0n) is 14.5. The number of nitrogens with zero attached hydrogens (tertiary/aromatic N) is 3. The van der Waals surface area contributed by atoms with Crippen molar-refractivity contribution in [2.75, 3.05) is 34.4 Å². The monoisotopic (exact) mass is 333 g/mol. The third kappa shape index (κ3) is 3.31. The van der Waals surface area contributed by atoms with Crippen LogP contribution in [0.2, 0.25) is 0 Å². The van der Waals surface area contributed by atoms with E-state index in [1.165, 1.54) is 0 Å². The first-order valence-corrected chi connectivity index (χ1v) is 7.95. The highest BCUT2D eigenvalue weighted by atomic mass is 16.5. The first-order valence-electron chi connectivity index (χ1n) is 7.95. The maximum Gasteiger partial charge on any atom is 0.220 e. The number of likely N-dealkylation sites (tertiary alicyclic amines) is 1. The van der Waals surface area contributed by atoms with Crippen LogP contribution in [0.4, 0.5) is 0 Å². The fourth-order valence-corrected chi connectivity index (χ4v) is 3.14. The van der Waals surface area contributed by atoms with E-state index in [9.17, 15) is 0 Å². The Morgan fingerprint density at radius 3 is 2.38 bits per heavy atom. The fourth-order valence-electron chi connectivity index (χ4n) is 3.14. The summed E-state index contributed by atoms with van der Waals surface area (Å²) < 4.78 is 21.8. The highest BCUT2D eigenvalue weighted by molar-refractivity contribution is 5.53. The molecule has 2 heterocycles. The Morgan fingerprint density at radius 1 is 1.12 bits per heavy atom. The van der Waals surface area contributed by atoms with E-state index in [1.54, 1.807) is 21.3 Å². The molecule has 1 fully saturated rings. The number of aryl methyl sites for hydroxylation is 1. The third-order valence-corrected chi connectivity index (χ3v) is 4.29. The summed E-state index contributed by atoms with van der Waals surface area (Å²) in [4.78, 5) is 2.37. The number of benzene rings is 1. The van der Waals surface area contributed by atoms with Crippen LogP contribution in [0.3, 0.4) is 0 Å². The van der Waals surface area contributed by atoms with E-state index in [4.69, 9.17) is 18.6 Å². The molecule has 3 rings (SSSR count). The molecule has 1 saturated heterocycles. The predicted octanol–water partition coefficient (Wildman–Crippen LogP) is 2.39. The average Bonchev–Trinajstić information content (AvgIpc) is 3.22. The van der Waals surface area contributed by atoms with Crippen LogP contribution >= 0.6 is 0 Å². The van der Waals surface area contributed by atoms with Gasteiger partial charge in [0.05, 0.1) is 27.2 Å². The van der Waals surface area contributed by atoms with Gasteiger partial charge in [0.2, 0.25) is 17.5 Å². The van der Waals surface area contributed by atoms with Crippen LogP contribution in [0.1, 0.15) is 29.7 Å². The molecule has 0 bridgehead atoms. The molecule has 0 N–H and O–H groups in total. The number of rotatable bonds is 6. The Kier molecular flexibility index (Phi) is 4.89. The molecule has 7 heteroatoms. The molecule has 1 aliphatic heterocycles. The third-order valence-electron chi connectivity index (χ3n) is 4.29. The van der Waals surface area contributed by atoms with Gasteiger partial charge >= 0.3 is 0 Å². The van der Waals surface area contributed by atoms with Crippen molar-refractivity contribution in [2.24, 2.45) is 0 Å². The molecule has 0 radical (unpaired) electrons. The van der Waals surface area contributed by atoms with Gasteiger partial charge in [0.25, 0.3) is 0 Å². The smallest absolute Gasteiger partial charge is 0.220 e. The molecule has 2 aromatic rings. The van der Waals surface area contributed by atoms with Gasteiger partial charge in [-0.1, -0.05) is 0 Å². The second-order valence-electron chi connectivity index (χ2n) is 5.91. The molecule has 24 heavy (non-hydrogen) atoms. The lowest BCUT2D eigenvalue weighted by Gasteiger charge is -2.18. The van der Waals surface area contributed by atoms with E-state index in [2.05, 4.69) is 15.1 Å². The van der Waals surface area contributed by atoms with Crippen molar-refractivity contribution >= 4 is 0 Å². The van der Waals surface area contributed by atoms with Crippen LogP contribution in [0.15, 0.2) is 16.5 Å². The van der Waals surface area contributed by atoms with Gasteiger partial charge in [-0.15, -0.1) is 10.2 Å². The van der Waals surface area contributed by atoms with Crippen LogP contribution in [0.25, 0.3) is 0 Å². The Morgan fingerprint density at radius 2 is 1.83 bits per heavy atom. The molecule has 0 unspecified atom stereocenters. The Bertz CT molecular complexity index is 676. The summed E-state index contributed by atoms with van der Waals surface area (Å²) in [6.45, 7) is 4.51. The van der Waals surface area contributed by atoms with Gasteiger partial charge in [0, 0.05) is 20.0 Å². The minimum Gasteiger partial charge on any atom is -0.493 e. The molecule has 0 aliphatic carbocycles. The van der Waals surface area contributed by atoms with Crippen LogP contribution in [-0.4, -0.2) is 49.5 Å². The van der Waals surface area contributed by atoms with E-state index < -0.39 is 0 Å². The maximum absolute atomic E-state index is 5.56. The molecular formula is C17H23N3O4. The number of methoxy groups -OCH3 is 3. The minimum absolute atomic E-state index is 0.299. The van der Waals surface area contributed by atoms with E-state index in [0.29, 0.717) is 29.1 Å². The average molecular weight is 333 g/mol. The number of hydrogen-bond acceptors (Lipinski definition) is 7. The number of aromatic nitrogens is 2. The Balaban J connectivity index is 1.72. The second kappa shape index (κ2) is 7.09. The lowest BCUT2D eigenvalue weighted by Crippen LogP contribution is -2.20. The molecule has 130 valence electrons. The Labute approximate surface area is 141 Å². The van der Waals surface area contributed by atoms with Crippen LogP contribution in [0.5, 0.6) is 17.2 Å². The Hall–Kier alpha value is -2.28. The lowest BCUT2D eigenvalue weighted by molar-refractivity contribution is 0.309. The van der Waals surface area contributed by atoms with Crippen LogP contribution < -0.4 is 14.2 Å². The van der Waals surface area contributed by atoms with Crippen molar-refractivity contribution in [1.82, 2.24) is 15.1 Å². The summed E-state index contributed by atoms with van der Waals surface area (Å²) in [6, 6.07) is 3.98. The largest absolute Gasteiger partial charge is 0.493 e. The van der Waals surface area contributed by atoms with Gasteiger partial charge in [0.1, 0.15) is 0 Å². The second-order valence-corrected chi connectivity index (χ2v) is 5.91. The van der Waals surface area contributed by atoms with Gasteiger partial charge in [0.15, 0.2) is 11.5 Å². The van der Waals surface area contributed by atoms with Gasteiger partial charge in [-0.05, 0) is 30.7 Å². The zero-order valence-corrected chi connectivity index (χ0v) is 14.5. The molecule has 0 amide bonds. The van der Waals surface area contributed by atoms with Crippen molar-refractivity contribution in [3.8, 4) is 17.2 Å². The van der Waals surface area contributed by atoms with E-state index >= 15 is 0 Å². The quantitative estimate of drug-likeness (QED) is 0.804. The van der Waals surface area contributed by atoms with Crippen molar-refractivity contribution in [3.05, 3.63) is 29.5 Å². The number of hydrogen-bond donors (Lipinski definition) is 0. The fraction of sp³-hybridized carbons (Fsp3) is 0.529. The van der Waals surface area contributed by atoms with E-state index in [0.717, 1.165) is 37.5 Å². The molecule has 0 saturated carbocycles. The van der Waals surface area contributed by atoms with E-state index in [1.807, 2.05) is 19.1 Å². The summed E-state index contributed by atoms with van der Waals surface area (Å²) in [5.41, 5.74) is 1.12. The normalized spacial score (nSPS) is 17.9. The van der Waals surface area contributed by atoms with Gasteiger partial charge < -0.3 is 18.6 Å². The number of ether oxygens (including phenoxy) is 3. The van der Waals surface area contributed by atoms with E-state index in [-0.39, 0.29) is 0 Å². The standard InChI is InChI=1S/C17H23N3O4/c1-11-18-19-17(24-11)13-5-6-20(10-13)9-12-7-14(21-2)16(23-4)15(8-12)22-3/h7-8,13H,5-6,9-10H2,1-4H3/t13-/m0/s1. The highest BCUT2D eigenvalue weighted by Gasteiger charge is 2.28. The summed E-state index contributed by atoms with van der Waals surface area (Å²) in [5, 5.41) is 8.07. The van der Waals surface area contributed by atoms with Crippen LogP contribution in [-0.2, 0) is 6.54 Å². The summed E-state index contributed by atoms with van der Waals surface area (Å²) in [6.07, 6.45) is 1.02. The molecule has 1 aromatic carbocycles. The zero-order chi connectivity index (χ0) is 17.1. The molecular weight excluding hydrogens is 310 g/mol. The van der Waals surface area contributed by atoms with Crippen molar-refractivity contribution in [3.63, 3.8) is 0 Å². The molecule has 1 atom stereocenters. The van der Waals surface area contributed by atoms with Crippen molar-refractivity contribution < 1.29 is 18.6 Å². The SMILES string of the molecule is COc1cc(CN2CC[C@H](c3nnc(C)o3)C2)cc(OC)c1OC. The molecule has 7 nitrogen and oxygen atoms in total. The van der Waals surface area contributed by atoms with Crippen LogP contribution in [0, 0.1) is 6.92 Å². The first-order chi connectivity index (χ1) is 11.6. The minimum atomic E-state index is 0.299. The van der Waals surface area contributed by atoms with Gasteiger partial charge in [-0.3, -0.25) is 4.90 Å². The topological polar surface area (TPSA) is 69.9 Å². The summed E-state index contributed by atoms with van der Waals surface area (Å²) in [7, 11) is 4.87. The van der Waals surface area contributed by atoms with Gasteiger partial charge in [-0.2, -0.15) is 0 Å². The molecule has 1 aliphatic rings. The summed E-state index contributed by atoms with van der Waals surface area (Å²) in [5.74, 6) is 3.62. The van der Waals surface area contributed by atoms with Crippen molar-refractivity contribution in [2.45, 2.75) is 25.8 Å². The van der Waals surface area contributed by atoms with Crippen molar-refractivity contribution in [1.29, 1.82) is 0 Å². The maximum atomic E-state index is 5.56. The highest BCUT2D eigenvalue weighted by Crippen LogP contribution is 2.39. The molecule has 1 aromatic heterocycles. The first kappa shape index (κ1) is 16.6. The lowest BCUT2D eigenvalue weighted by atomic mass is 10.1.